The Morgan fingerprint density at radius 3 is 2.12 bits per heavy atom. The summed E-state index contributed by atoms with van der Waals surface area (Å²) in [5.74, 6) is 0.745. The molecule has 0 aliphatic rings. The molecule has 3 nitrogen and oxygen atoms in total. The molecule has 0 bridgehead atoms. The second-order valence-corrected chi connectivity index (χ2v) is 10.6. The van der Waals surface area contributed by atoms with Gasteiger partial charge in [-0.3, -0.25) is 0 Å². The molecule has 0 aromatic heterocycles. The summed E-state index contributed by atoms with van der Waals surface area (Å²) in [6.45, 7) is 5.84. The lowest BCUT2D eigenvalue weighted by molar-refractivity contribution is 0.564. The summed E-state index contributed by atoms with van der Waals surface area (Å²) < 4.78 is 28.5. The standard InChI is InChI=1S/C18H20Cl3NO2S2/c1-4-18(3,25-5-2)22(17-12-14(20)8-11-16(17)21)26(23,24)15-9-6-13(19)7-10-15/h6-12H,4-5H2,1-3H3. The third kappa shape index (κ3) is 4.45. The molecule has 2 aromatic carbocycles. The van der Waals surface area contributed by atoms with Crippen LogP contribution in [-0.2, 0) is 10.0 Å². The molecule has 0 aliphatic heterocycles. The molecule has 8 heteroatoms. The summed E-state index contributed by atoms with van der Waals surface area (Å²) in [5.41, 5.74) is 0.361. The molecule has 142 valence electrons. The monoisotopic (exact) mass is 451 g/mol. The maximum absolute atomic E-state index is 13.6. The van der Waals surface area contributed by atoms with Crippen LogP contribution in [0.15, 0.2) is 47.4 Å². The minimum absolute atomic E-state index is 0.148. The highest BCUT2D eigenvalue weighted by Gasteiger charge is 2.41. The van der Waals surface area contributed by atoms with Gasteiger partial charge < -0.3 is 0 Å². The van der Waals surface area contributed by atoms with Crippen LogP contribution >= 0.6 is 46.6 Å². The average molecular weight is 453 g/mol. The number of halogens is 3. The molecule has 0 amide bonds. The highest BCUT2D eigenvalue weighted by molar-refractivity contribution is 8.02. The summed E-state index contributed by atoms with van der Waals surface area (Å²) in [4.78, 5) is -0.587. The van der Waals surface area contributed by atoms with Crippen molar-refractivity contribution in [1.82, 2.24) is 0 Å². The molecule has 0 spiro atoms. The van der Waals surface area contributed by atoms with E-state index in [-0.39, 0.29) is 4.90 Å². The third-order valence-corrected chi connectivity index (χ3v) is 8.27. The summed E-state index contributed by atoms with van der Waals surface area (Å²) >= 11 is 20.0. The van der Waals surface area contributed by atoms with E-state index >= 15 is 0 Å². The minimum Gasteiger partial charge on any atom is -0.249 e. The van der Waals surface area contributed by atoms with Gasteiger partial charge in [0.2, 0.25) is 0 Å². The van der Waals surface area contributed by atoms with Crippen LogP contribution in [0, 0.1) is 0 Å². The van der Waals surface area contributed by atoms with Gasteiger partial charge in [-0.1, -0.05) is 48.7 Å². The Morgan fingerprint density at radius 2 is 1.58 bits per heavy atom. The lowest BCUT2D eigenvalue weighted by atomic mass is 10.2. The molecule has 0 heterocycles. The predicted molar refractivity (Wildman–Crippen MR) is 114 cm³/mol. The van der Waals surface area contributed by atoms with Crippen LogP contribution in [0.3, 0.4) is 0 Å². The number of sulfonamides is 1. The van der Waals surface area contributed by atoms with E-state index in [4.69, 9.17) is 34.8 Å². The van der Waals surface area contributed by atoms with Gasteiger partial charge in [0.25, 0.3) is 10.0 Å². The van der Waals surface area contributed by atoms with Crippen molar-refractivity contribution in [3.8, 4) is 0 Å². The zero-order valence-corrected chi connectivity index (χ0v) is 18.6. The molecule has 1 atom stereocenters. The van der Waals surface area contributed by atoms with Crippen LogP contribution in [0.2, 0.25) is 15.1 Å². The van der Waals surface area contributed by atoms with Crippen LogP contribution in [0.25, 0.3) is 0 Å². The van der Waals surface area contributed by atoms with Crippen LogP contribution < -0.4 is 4.31 Å². The zero-order chi connectivity index (χ0) is 19.5. The van der Waals surface area contributed by atoms with Gasteiger partial charge in [0.05, 0.1) is 20.5 Å². The Labute approximate surface area is 174 Å². The van der Waals surface area contributed by atoms with Crippen molar-refractivity contribution >= 4 is 62.3 Å². The number of nitrogens with zero attached hydrogens (tertiary/aromatic N) is 1. The van der Waals surface area contributed by atoms with Crippen LogP contribution in [0.1, 0.15) is 27.2 Å². The second kappa shape index (κ2) is 8.61. The number of hydrogen-bond acceptors (Lipinski definition) is 3. The Morgan fingerprint density at radius 1 is 1.00 bits per heavy atom. The Hall–Kier alpha value is -0.590. The minimum atomic E-state index is -3.89. The van der Waals surface area contributed by atoms with Crippen molar-refractivity contribution in [1.29, 1.82) is 0 Å². The number of hydrogen-bond donors (Lipinski definition) is 0. The highest BCUT2D eigenvalue weighted by atomic mass is 35.5. The number of thioether (sulfide) groups is 1. The molecule has 0 aliphatic carbocycles. The highest BCUT2D eigenvalue weighted by Crippen LogP contribution is 2.44. The zero-order valence-electron chi connectivity index (χ0n) is 14.7. The van der Waals surface area contributed by atoms with Crippen LogP contribution in [0.5, 0.6) is 0 Å². The fourth-order valence-electron chi connectivity index (χ4n) is 2.61. The fraction of sp³-hybridized carbons (Fsp3) is 0.333. The van der Waals surface area contributed by atoms with Crippen molar-refractivity contribution in [2.75, 3.05) is 10.1 Å². The van der Waals surface area contributed by atoms with Crippen molar-refractivity contribution in [3.05, 3.63) is 57.5 Å². The second-order valence-electron chi connectivity index (χ2n) is 5.78. The van der Waals surface area contributed by atoms with E-state index in [1.54, 1.807) is 30.3 Å². The largest absolute Gasteiger partial charge is 0.265 e. The smallest absolute Gasteiger partial charge is 0.249 e. The first kappa shape index (κ1) is 21.7. The predicted octanol–water partition coefficient (Wildman–Crippen LogP) is 6.72. The first-order chi connectivity index (χ1) is 12.2. The van der Waals surface area contributed by atoms with Crippen molar-refractivity contribution in [3.63, 3.8) is 0 Å². The molecule has 0 saturated carbocycles. The SMILES string of the molecule is CCSC(C)(CC)N(c1cc(Cl)ccc1Cl)S(=O)(=O)c1ccc(Cl)cc1. The van der Waals surface area contributed by atoms with Gasteiger partial charge in [0.15, 0.2) is 0 Å². The molecule has 2 aromatic rings. The van der Waals surface area contributed by atoms with E-state index in [1.807, 2.05) is 20.8 Å². The summed E-state index contributed by atoms with van der Waals surface area (Å²) in [6, 6.07) is 10.9. The average Bonchev–Trinajstić information content (AvgIpc) is 2.58. The lowest BCUT2D eigenvalue weighted by Gasteiger charge is -2.41. The van der Waals surface area contributed by atoms with Crippen molar-refractivity contribution in [2.24, 2.45) is 0 Å². The van der Waals surface area contributed by atoms with E-state index in [1.165, 1.54) is 28.2 Å². The van der Waals surface area contributed by atoms with Crippen molar-refractivity contribution in [2.45, 2.75) is 37.0 Å². The van der Waals surface area contributed by atoms with Crippen LogP contribution in [0.4, 0.5) is 5.69 Å². The molecule has 1 unspecified atom stereocenters. The topological polar surface area (TPSA) is 37.4 Å². The molecule has 0 radical (unpaired) electrons. The van der Waals surface area contributed by atoms with Gasteiger partial charge >= 0.3 is 0 Å². The Bertz CT molecular complexity index is 873. The molecule has 0 N–H and O–H groups in total. The van der Waals surface area contributed by atoms with Crippen molar-refractivity contribution < 1.29 is 8.42 Å². The maximum Gasteiger partial charge on any atom is 0.265 e. The molecule has 26 heavy (non-hydrogen) atoms. The van der Waals surface area contributed by atoms with E-state index in [0.29, 0.717) is 27.2 Å². The first-order valence-electron chi connectivity index (χ1n) is 8.05. The number of rotatable bonds is 7. The number of anilines is 1. The summed E-state index contributed by atoms with van der Waals surface area (Å²) in [5, 5.41) is 1.21. The third-order valence-electron chi connectivity index (χ3n) is 4.02. The molecule has 2 rings (SSSR count). The van der Waals surface area contributed by atoms with Gasteiger partial charge in [-0.25, -0.2) is 12.7 Å². The van der Waals surface area contributed by atoms with E-state index in [9.17, 15) is 8.42 Å². The van der Waals surface area contributed by atoms with E-state index < -0.39 is 14.9 Å². The molecular formula is C18H20Cl3NO2S2. The number of benzene rings is 2. The van der Waals surface area contributed by atoms with Gasteiger partial charge in [-0.05, 0) is 61.6 Å². The fourth-order valence-corrected chi connectivity index (χ4v) is 6.38. The normalized spacial score (nSPS) is 14.1. The van der Waals surface area contributed by atoms with E-state index in [0.717, 1.165) is 5.75 Å². The summed E-state index contributed by atoms with van der Waals surface area (Å²) in [7, 11) is -3.89. The van der Waals surface area contributed by atoms with Gasteiger partial charge in [-0.15, -0.1) is 11.8 Å². The Balaban J connectivity index is 2.75. The lowest BCUT2D eigenvalue weighted by Crippen LogP contribution is -2.47. The first-order valence-corrected chi connectivity index (χ1v) is 11.6. The molecular weight excluding hydrogens is 433 g/mol. The van der Waals surface area contributed by atoms with E-state index in [2.05, 4.69) is 0 Å². The van der Waals surface area contributed by atoms with Gasteiger partial charge in [-0.2, -0.15) is 0 Å². The van der Waals surface area contributed by atoms with Gasteiger partial charge in [0, 0.05) is 10.0 Å². The summed E-state index contributed by atoms with van der Waals surface area (Å²) in [6.07, 6.45) is 0.584. The van der Waals surface area contributed by atoms with Crippen LogP contribution in [-0.4, -0.2) is 19.0 Å². The molecule has 0 fully saturated rings. The quantitative estimate of drug-likeness (QED) is 0.437. The van der Waals surface area contributed by atoms with Gasteiger partial charge in [0.1, 0.15) is 0 Å². The Kier molecular flexibility index (Phi) is 7.19. The molecule has 0 saturated heterocycles. The maximum atomic E-state index is 13.6.